The molecule has 7 nitrogen and oxygen atoms in total. The average molecular weight is 434 g/mol. The van der Waals surface area contributed by atoms with Crippen molar-refractivity contribution in [1.82, 2.24) is 15.5 Å². The third-order valence-corrected chi connectivity index (χ3v) is 5.32. The Morgan fingerprint density at radius 2 is 1.88 bits per heavy atom. The number of aromatic amines is 1. The van der Waals surface area contributed by atoms with Crippen LogP contribution < -0.4 is 20.5 Å². The fourth-order valence-electron chi connectivity index (χ4n) is 3.60. The molecule has 0 radical (unpaired) electrons. The highest BCUT2D eigenvalue weighted by Gasteiger charge is 2.19. The number of ether oxygens (including phenoxy) is 2. The Kier molecular flexibility index (Phi) is 6.04. The number of nitrogens with two attached hydrogens (primary N) is 1. The standard InChI is InChI=1S/C24H23FN4O3/c1-31-17-5-3-4-16(10-17)21(13-26)27-24(30)19-12-15(7-9-22(19)32-2)14-6-8-20-18(11-14)23(25)29-28-20/h3-12,21H,13,26H2,1-2H3,(H,27,30)(H,28,29). The van der Waals surface area contributed by atoms with E-state index in [0.717, 1.165) is 16.7 Å². The highest BCUT2D eigenvalue weighted by molar-refractivity contribution is 5.99. The van der Waals surface area contributed by atoms with E-state index >= 15 is 0 Å². The Labute approximate surface area is 184 Å². The number of hydrogen-bond acceptors (Lipinski definition) is 5. The second-order valence-corrected chi connectivity index (χ2v) is 7.22. The molecule has 1 aromatic heterocycles. The molecule has 4 N–H and O–H groups in total. The molecule has 0 aliphatic heterocycles. The van der Waals surface area contributed by atoms with E-state index in [1.165, 1.54) is 7.11 Å². The maximum atomic E-state index is 13.9. The number of halogens is 1. The van der Waals surface area contributed by atoms with Crippen LogP contribution in [0.15, 0.2) is 60.7 Å². The van der Waals surface area contributed by atoms with Gasteiger partial charge < -0.3 is 20.5 Å². The summed E-state index contributed by atoms with van der Waals surface area (Å²) in [6.07, 6.45) is 0. The van der Waals surface area contributed by atoms with Gasteiger partial charge in [0.2, 0.25) is 5.95 Å². The van der Waals surface area contributed by atoms with Crippen LogP contribution in [0.5, 0.6) is 11.5 Å². The number of H-pyrrole nitrogens is 1. The molecule has 8 heteroatoms. The second kappa shape index (κ2) is 9.07. The van der Waals surface area contributed by atoms with E-state index in [0.29, 0.717) is 28.0 Å². The van der Waals surface area contributed by atoms with Crippen molar-refractivity contribution in [3.05, 3.63) is 77.7 Å². The summed E-state index contributed by atoms with van der Waals surface area (Å²) in [5, 5.41) is 9.58. The lowest BCUT2D eigenvalue weighted by molar-refractivity contribution is 0.0934. The molecule has 4 rings (SSSR count). The van der Waals surface area contributed by atoms with Gasteiger partial charge in [0.25, 0.3) is 5.91 Å². The zero-order valence-corrected chi connectivity index (χ0v) is 17.7. The predicted octanol–water partition coefficient (Wildman–Crippen LogP) is 3.82. The number of methoxy groups -OCH3 is 2. The molecule has 0 saturated heterocycles. The van der Waals surface area contributed by atoms with Gasteiger partial charge in [0.05, 0.1) is 36.7 Å². The van der Waals surface area contributed by atoms with Gasteiger partial charge in [0.15, 0.2) is 0 Å². The first-order valence-electron chi connectivity index (χ1n) is 10.0. The van der Waals surface area contributed by atoms with Crippen molar-refractivity contribution < 1.29 is 18.7 Å². The van der Waals surface area contributed by atoms with Crippen LogP contribution in [-0.4, -0.2) is 36.9 Å². The number of hydrogen-bond donors (Lipinski definition) is 3. The first-order valence-corrected chi connectivity index (χ1v) is 10.0. The van der Waals surface area contributed by atoms with Gasteiger partial charge in [-0.25, -0.2) is 0 Å². The second-order valence-electron chi connectivity index (χ2n) is 7.22. The summed E-state index contributed by atoms with van der Waals surface area (Å²) in [5.74, 6) is 0.259. The van der Waals surface area contributed by atoms with Crippen molar-refractivity contribution in [3.8, 4) is 22.6 Å². The maximum Gasteiger partial charge on any atom is 0.255 e. The van der Waals surface area contributed by atoms with Crippen LogP contribution in [0.3, 0.4) is 0 Å². The van der Waals surface area contributed by atoms with Crippen LogP contribution in [0.1, 0.15) is 22.0 Å². The number of benzene rings is 3. The maximum absolute atomic E-state index is 13.9. The molecule has 1 heterocycles. The van der Waals surface area contributed by atoms with Gasteiger partial charge in [0, 0.05) is 6.54 Å². The van der Waals surface area contributed by atoms with Crippen LogP contribution in [0.4, 0.5) is 4.39 Å². The summed E-state index contributed by atoms with van der Waals surface area (Å²) >= 11 is 0. The van der Waals surface area contributed by atoms with E-state index in [9.17, 15) is 9.18 Å². The minimum absolute atomic E-state index is 0.206. The predicted molar refractivity (Wildman–Crippen MR) is 120 cm³/mol. The number of fused-ring (bicyclic) bond motifs is 1. The number of carbonyl (C=O) groups is 1. The number of carbonyl (C=O) groups excluding carboxylic acids is 1. The summed E-state index contributed by atoms with van der Waals surface area (Å²) in [5.41, 5.74) is 9.13. The van der Waals surface area contributed by atoms with E-state index in [1.807, 2.05) is 36.4 Å². The van der Waals surface area contributed by atoms with E-state index in [1.54, 1.807) is 31.4 Å². The van der Waals surface area contributed by atoms with Crippen LogP contribution in [0.2, 0.25) is 0 Å². The van der Waals surface area contributed by atoms with Gasteiger partial charge in [0.1, 0.15) is 11.5 Å². The van der Waals surface area contributed by atoms with Gasteiger partial charge in [-0.15, -0.1) is 0 Å². The summed E-state index contributed by atoms with van der Waals surface area (Å²) in [7, 11) is 3.08. The molecule has 1 unspecified atom stereocenters. The molecule has 0 saturated carbocycles. The molecule has 0 bridgehead atoms. The van der Waals surface area contributed by atoms with E-state index in [4.69, 9.17) is 15.2 Å². The topological polar surface area (TPSA) is 102 Å². The molecule has 0 spiro atoms. The molecule has 164 valence electrons. The third kappa shape index (κ3) is 4.13. The number of nitrogens with zero attached hydrogens (tertiary/aromatic N) is 1. The third-order valence-electron chi connectivity index (χ3n) is 5.32. The zero-order chi connectivity index (χ0) is 22.7. The van der Waals surface area contributed by atoms with E-state index in [-0.39, 0.29) is 12.5 Å². The van der Waals surface area contributed by atoms with Crippen molar-refractivity contribution in [2.24, 2.45) is 5.73 Å². The van der Waals surface area contributed by atoms with Gasteiger partial charge >= 0.3 is 0 Å². The zero-order valence-electron chi connectivity index (χ0n) is 17.7. The molecule has 0 aliphatic rings. The normalized spacial score (nSPS) is 11.9. The lowest BCUT2D eigenvalue weighted by Crippen LogP contribution is -2.33. The van der Waals surface area contributed by atoms with E-state index < -0.39 is 12.0 Å². The molecular weight excluding hydrogens is 411 g/mol. The van der Waals surface area contributed by atoms with Crippen molar-refractivity contribution in [1.29, 1.82) is 0 Å². The van der Waals surface area contributed by atoms with Gasteiger partial charge in [-0.1, -0.05) is 24.3 Å². The highest BCUT2D eigenvalue weighted by atomic mass is 19.1. The molecule has 0 aliphatic carbocycles. The molecule has 0 fully saturated rings. The SMILES string of the molecule is COc1cccc(C(CN)NC(=O)c2cc(-c3ccc4n[nH]c(F)c4c3)ccc2OC)c1. The summed E-state index contributed by atoms with van der Waals surface area (Å²) in [6.45, 7) is 0.206. The Morgan fingerprint density at radius 1 is 1.09 bits per heavy atom. The molecule has 1 amide bonds. The lowest BCUT2D eigenvalue weighted by atomic mass is 10.00. The van der Waals surface area contributed by atoms with Crippen molar-refractivity contribution in [3.63, 3.8) is 0 Å². The fraction of sp³-hybridized carbons (Fsp3) is 0.167. The van der Waals surface area contributed by atoms with Crippen molar-refractivity contribution >= 4 is 16.8 Å². The van der Waals surface area contributed by atoms with E-state index in [2.05, 4.69) is 15.5 Å². The van der Waals surface area contributed by atoms with Gasteiger partial charge in [-0.05, 0) is 53.1 Å². The lowest BCUT2D eigenvalue weighted by Gasteiger charge is -2.19. The Bertz CT molecular complexity index is 1270. The van der Waals surface area contributed by atoms with Crippen LogP contribution in [0.25, 0.3) is 22.0 Å². The van der Waals surface area contributed by atoms with Crippen LogP contribution in [-0.2, 0) is 0 Å². The minimum atomic E-state index is -0.502. The van der Waals surface area contributed by atoms with Crippen molar-refractivity contribution in [2.75, 3.05) is 20.8 Å². The monoisotopic (exact) mass is 434 g/mol. The number of rotatable bonds is 7. The average Bonchev–Trinajstić information content (AvgIpc) is 3.21. The molecule has 4 aromatic rings. The largest absolute Gasteiger partial charge is 0.497 e. The first kappa shape index (κ1) is 21.3. The number of aromatic nitrogens is 2. The fourth-order valence-corrected chi connectivity index (χ4v) is 3.60. The Hall–Kier alpha value is -3.91. The smallest absolute Gasteiger partial charge is 0.255 e. The first-order chi connectivity index (χ1) is 15.5. The number of amides is 1. The minimum Gasteiger partial charge on any atom is -0.497 e. The quantitative estimate of drug-likeness (QED) is 0.410. The van der Waals surface area contributed by atoms with Crippen molar-refractivity contribution in [2.45, 2.75) is 6.04 Å². The van der Waals surface area contributed by atoms with Gasteiger partial charge in [-0.3, -0.25) is 9.89 Å². The molecule has 3 aromatic carbocycles. The number of nitrogens with one attached hydrogen (secondary N) is 2. The molecule has 1 atom stereocenters. The molecule has 32 heavy (non-hydrogen) atoms. The Morgan fingerprint density at radius 3 is 2.62 bits per heavy atom. The highest BCUT2D eigenvalue weighted by Crippen LogP contribution is 2.30. The summed E-state index contributed by atoms with van der Waals surface area (Å²) < 4.78 is 24.6. The van der Waals surface area contributed by atoms with Crippen LogP contribution in [0, 0.1) is 5.95 Å². The molecular formula is C24H23FN4O3. The summed E-state index contributed by atoms with van der Waals surface area (Å²) in [6, 6.07) is 17.4. The van der Waals surface area contributed by atoms with Gasteiger partial charge in [-0.2, -0.15) is 9.49 Å². The summed E-state index contributed by atoms with van der Waals surface area (Å²) in [4.78, 5) is 13.2. The Balaban J connectivity index is 1.66. The van der Waals surface area contributed by atoms with Crippen LogP contribution >= 0.6 is 0 Å².